The SMILES string of the molecule is Cc1ccnc(-n2cc(CCCO)cn2)c1. The number of aliphatic hydroxyl groups is 1. The highest BCUT2D eigenvalue weighted by Crippen LogP contribution is 2.08. The van der Waals surface area contributed by atoms with Crippen LogP contribution in [0.1, 0.15) is 17.5 Å². The highest BCUT2D eigenvalue weighted by Gasteiger charge is 2.01. The predicted octanol–water partition coefficient (Wildman–Crippen LogP) is 1.50. The zero-order chi connectivity index (χ0) is 11.4. The molecule has 0 unspecified atom stereocenters. The van der Waals surface area contributed by atoms with Crippen molar-refractivity contribution >= 4 is 0 Å². The number of pyridine rings is 1. The van der Waals surface area contributed by atoms with Gasteiger partial charge in [0.15, 0.2) is 5.82 Å². The molecule has 0 bridgehead atoms. The van der Waals surface area contributed by atoms with Gasteiger partial charge in [-0.2, -0.15) is 5.10 Å². The average molecular weight is 217 g/mol. The number of hydrogen-bond acceptors (Lipinski definition) is 3. The van der Waals surface area contributed by atoms with Crippen LogP contribution in [-0.4, -0.2) is 26.5 Å². The Balaban J connectivity index is 2.18. The lowest BCUT2D eigenvalue weighted by Gasteiger charge is -2.00. The molecule has 2 aromatic heterocycles. The minimum atomic E-state index is 0.216. The Hall–Kier alpha value is -1.68. The van der Waals surface area contributed by atoms with E-state index < -0.39 is 0 Å². The first-order valence-corrected chi connectivity index (χ1v) is 5.37. The molecule has 4 nitrogen and oxygen atoms in total. The molecular weight excluding hydrogens is 202 g/mol. The number of aromatic nitrogens is 3. The molecular formula is C12H15N3O. The monoisotopic (exact) mass is 217 g/mol. The molecule has 0 atom stereocenters. The van der Waals surface area contributed by atoms with Gasteiger partial charge in [-0.1, -0.05) is 0 Å². The van der Waals surface area contributed by atoms with Crippen molar-refractivity contribution in [1.82, 2.24) is 14.8 Å². The van der Waals surface area contributed by atoms with E-state index in [4.69, 9.17) is 5.11 Å². The maximum atomic E-state index is 8.75. The smallest absolute Gasteiger partial charge is 0.153 e. The Kier molecular flexibility index (Phi) is 3.31. The van der Waals surface area contributed by atoms with Crippen LogP contribution in [0, 0.1) is 6.92 Å². The van der Waals surface area contributed by atoms with Gasteiger partial charge in [0.25, 0.3) is 0 Å². The molecule has 0 radical (unpaired) electrons. The van der Waals surface area contributed by atoms with Gasteiger partial charge in [0.05, 0.1) is 6.20 Å². The van der Waals surface area contributed by atoms with E-state index in [1.54, 1.807) is 10.9 Å². The van der Waals surface area contributed by atoms with Crippen molar-refractivity contribution in [2.24, 2.45) is 0 Å². The van der Waals surface area contributed by atoms with Gasteiger partial charge >= 0.3 is 0 Å². The standard InChI is InChI=1S/C12H15N3O/c1-10-4-5-13-12(7-10)15-9-11(8-14-15)3-2-6-16/h4-5,7-9,16H,2-3,6H2,1H3. The van der Waals surface area contributed by atoms with Gasteiger partial charge in [-0.15, -0.1) is 0 Å². The van der Waals surface area contributed by atoms with Crippen LogP contribution < -0.4 is 0 Å². The van der Waals surface area contributed by atoms with E-state index in [2.05, 4.69) is 10.1 Å². The second kappa shape index (κ2) is 4.90. The van der Waals surface area contributed by atoms with Crippen molar-refractivity contribution in [2.75, 3.05) is 6.61 Å². The molecule has 0 saturated heterocycles. The normalized spacial score (nSPS) is 10.6. The summed E-state index contributed by atoms with van der Waals surface area (Å²) in [5.74, 6) is 0.829. The first-order valence-electron chi connectivity index (χ1n) is 5.37. The highest BCUT2D eigenvalue weighted by atomic mass is 16.2. The molecule has 2 aromatic rings. The minimum absolute atomic E-state index is 0.216. The van der Waals surface area contributed by atoms with E-state index in [9.17, 15) is 0 Å². The van der Waals surface area contributed by atoms with Crippen molar-refractivity contribution in [1.29, 1.82) is 0 Å². The van der Waals surface area contributed by atoms with Crippen LogP contribution in [0.25, 0.3) is 5.82 Å². The van der Waals surface area contributed by atoms with Gasteiger partial charge in [-0.3, -0.25) is 0 Å². The third-order valence-electron chi connectivity index (χ3n) is 2.40. The number of nitrogens with zero attached hydrogens (tertiary/aromatic N) is 3. The summed E-state index contributed by atoms with van der Waals surface area (Å²) in [6, 6.07) is 3.95. The van der Waals surface area contributed by atoms with Crippen LogP contribution in [0.2, 0.25) is 0 Å². The molecule has 0 amide bonds. The summed E-state index contributed by atoms with van der Waals surface area (Å²) in [6.45, 7) is 2.25. The fourth-order valence-electron chi connectivity index (χ4n) is 1.54. The average Bonchev–Trinajstić information content (AvgIpc) is 2.75. The molecule has 0 aliphatic heterocycles. The summed E-state index contributed by atoms with van der Waals surface area (Å²) < 4.78 is 1.76. The molecule has 0 aromatic carbocycles. The number of hydrogen-bond donors (Lipinski definition) is 1. The summed E-state index contributed by atoms with van der Waals surface area (Å²) >= 11 is 0. The highest BCUT2D eigenvalue weighted by molar-refractivity contribution is 5.27. The molecule has 0 fully saturated rings. The Morgan fingerprint density at radius 3 is 3.06 bits per heavy atom. The Labute approximate surface area is 94.6 Å². The lowest BCUT2D eigenvalue weighted by molar-refractivity contribution is 0.288. The van der Waals surface area contributed by atoms with Crippen molar-refractivity contribution in [3.8, 4) is 5.82 Å². The second-order valence-corrected chi connectivity index (χ2v) is 3.81. The van der Waals surface area contributed by atoms with Crippen LogP contribution >= 0.6 is 0 Å². The first-order chi connectivity index (χ1) is 7.79. The van der Waals surface area contributed by atoms with Crippen molar-refractivity contribution in [2.45, 2.75) is 19.8 Å². The molecule has 0 spiro atoms. The molecule has 84 valence electrons. The van der Waals surface area contributed by atoms with Crippen molar-refractivity contribution < 1.29 is 5.11 Å². The third-order valence-corrected chi connectivity index (χ3v) is 2.40. The summed E-state index contributed by atoms with van der Waals surface area (Å²) in [5.41, 5.74) is 2.29. The van der Waals surface area contributed by atoms with Crippen LogP contribution in [0.5, 0.6) is 0 Å². The molecule has 4 heteroatoms. The Bertz CT molecular complexity index is 465. The van der Waals surface area contributed by atoms with E-state index in [1.807, 2.05) is 31.5 Å². The fourth-order valence-corrected chi connectivity index (χ4v) is 1.54. The summed E-state index contributed by atoms with van der Waals surface area (Å²) in [6.07, 6.45) is 7.17. The lowest BCUT2D eigenvalue weighted by Crippen LogP contribution is -1.97. The predicted molar refractivity (Wildman–Crippen MR) is 61.5 cm³/mol. The zero-order valence-corrected chi connectivity index (χ0v) is 9.30. The van der Waals surface area contributed by atoms with E-state index in [-0.39, 0.29) is 6.61 Å². The molecule has 0 saturated carbocycles. The molecule has 1 N–H and O–H groups in total. The molecule has 2 heterocycles. The van der Waals surface area contributed by atoms with Crippen molar-refractivity contribution in [3.05, 3.63) is 41.9 Å². The number of aryl methyl sites for hydroxylation is 2. The van der Waals surface area contributed by atoms with E-state index in [0.717, 1.165) is 29.8 Å². The van der Waals surface area contributed by atoms with Gasteiger partial charge in [0.2, 0.25) is 0 Å². The van der Waals surface area contributed by atoms with Gasteiger partial charge in [-0.05, 0) is 43.0 Å². The number of rotatable bonds is 4. The van der Waals surface area contributed by atoms with Gasteiger partial charge < -0.3 is 5.11 Å². The maximum Gasteiger partial charge on any atom is 0.153 e. The largest absolute Gasteiger partial charge is 0.396 e. The molecule has 0 aliphatic carbocycles. The van der Waals surface area contributed by atoms with E-state index in [0.29, 0.717) is 0 Å². The molecule has 16 heavy (non-hydrogen) atoms. The molecule has 0 aliphatic rings. The fraction of sp³-hybridized carbons (Fsp3) is 0.333. The topological polar surface area (TPSA) is 50.9 Å². The molecule has 2 rings (SSSR count). The van der Waals surface area contributed by atoms with Crippen molar-refractivity contribution in [3.63, 3.8) is 0 Å². The van der Waals surface area contributed by atoms with Gasteiger partial charge in [-0.25, -0.2) is 9.67 Å². The van der Waals surface area contributed by atoms with Crippen LogP contribution in [0.4, 0.5) is 0 Å². The van der Waals surface area contributed by atoms with Gasteiger partial charge in [0.1, 0.15) is 0 Å². The number of aliphatic hydroxyl groups excluding tert-OH is 1. The second-order valence-electron chi connectivity index (χ2n) is 3.81. The summed E-state index contributed by atoms with van der Waals surface area (Å²) in [5, 5.41) is 13.0. The zero-order valence-electron chi connectivity index (χ0n) is 9.30. The van der Waals surface area contributed by atoms with E-state index in [1.165, 1.54) is 0 Å². The minimum Gasteiger partial charge on any atom is -0.396 e. The van der Waals surface area contributed by atoms with E-state index >= 15 is 0 Å². The van der Waals surface area contributed by atoms with Crippen LogP contribution in [-0.2, 0) is 6.42 Å². The maximum absolute atomic E-state index is 8.75. The van der Waals surface area contributed by atoms with Gasteiger partial charge in [0, 0.05) is 19.0 Å². The van der Waals surface area contributed by atoms with Crippen LogP contribution in [0.15, 0.2) is 30.7 Å². The van der Waals surface area contributed by atoms with Crippen LogP contribution in [0.3, 0.4) is 0 Å². The lowest BCUT2D eigenvalue weighted by atomic mass is 10.2. The third kappa shape index (κ3) is 2.46. The summed E-state index contributed by atoms with van der Waals surface area (Å²) in [7, 11) is 0. The Morgan fingerprint density at radius 2 is 2.31 bits per heavy atom. The quantitative estimate of drug-likeness (QED) is 0.844. The summed E-state index contributed by atoms with van der Waals surface area (Å²) in [4.78, 5) is 4.25. The first kappa shape index (κ1) is 10.8. The Morgan fingerprint density at radius 1 is 1.44 bits per heavy atom.